The van der Waals surface area contributed by atoms with Gasteiger partial charge < -0.3 is 24.8 Å². The molecule has 268 valence electrons. The lowest BCUT2D eigenvalue weighted by Gasteiger charge is -2.34. The van der Waals surface area contributed by atoms with Crippen molar-refractivity contribution in [2.75, 3.05) is 42.6 Å². The van der Waals surface area contributed by atoms with E-state index >= 15 is 0 Å². The van der Waals surface area contributed by atoms with Crippen LogP contribution in [0.2, 0.25) is 0 Å². The number of rotatable bonds is 13. The van der Waals surface area contributed by atoms with E-state index in [0.717, 1.165) is 70.3 Å². The first-order chi connectivity index (χ1) is 23.4. The summed E-state index contributed by atoms with van der Waals surface area (Å²) in [5, 5.41) is 3.11. The molecule has 11 nitrogen and oxygen atoms in total. The van der Waals surface area contributed by atoms with E-state index < -0.39 is 22.8 Å². The summed E-state index contributed by atoms with van der Waals surface area (Å²) in [6.45, 7) is 14.6. The van der Waals surface area contributed by atoms with Crippen LogP contribution in [-0.4, -0.2) is 83.4 Å². The number of aromatic nitrogens is 2. The average molecular weight is 677 g/mol. The second-order valence-corrected chi connectivity index (χ2v) is 16.4. The Bertz CT molecular complexity index is 1430. The highest BCUT2D eigenvalue weighted by Crippen LogP contribution is 2.56. The molecular weight excluding hydrogens is 620 g/mol. The third-order valence-corrected chi connectivity index (χ3v) is 11.5. The minimum Gasteiger partial charge on any atom is -0.462 e. The van der Waals surface area contributed by atoms with Gasteiger partial charge in [-0.2, -0.15) is 0 Å². The number of hydrogen-bond acceptors (Lipinski definition) is 9. The fourth-order valence-corrected chi connectivity index (χ4v) is 8.02. The maximum absolute atomic E-state index is 14.7. The largest absolute Gasteiger partial charge is 0.462 e. The molecule has 2 saturated heterocycles. The van der Waals surface area contributed by atoms with Gasteiger partial charge in [-0.05, 0) is 88.4 Å². The Labute approximate surface area is 291 Å². The zero-order valence-electron chi connectivity index (χ0n) is 30.0. The minimum absolute atomic E-state index is 0.0359. The van der Waals surface area contributed by atoms with Gasteiger partial charge in [0.25, 0.3) is 0 Å². The molecule has 3 heterocycles. The number of Topliss-reactive ketones (excluding diaryl/α,β-unsaturated/α-hetero) is 1. The van der Waals surface area contributed by atoms with Crippen molar-refractivity contribution in [2.24, 2.45) is 28.6 Å². The number of allylic oxidation sites excluding steroid dienone is 1. The lowest BCUT2D eigenvalue weighted by molar-refractivity contribution is -0.156. The van der Waals surface area contributed by atoms with E-state index in [1.807, 2.05) is 38.7 Å². The summed E-state index contributed by atoms with van der Waals surface area (Å²) in [6, 6.07) is 1.17. The summed E-state index contributed by atoms with van der Waals surface area (Å²) in [4.78, 5) is 71.3. The van der Waals surface area contributed by atoms with Crippen molar-refractivity contribution in [3.8, 4) is 0 Å². The number of hydrogen-bond donors (Lipinski definition) is 1. The van der Waals surface area contributed by atoms with Crippen LogP contribution in [0.3, 0.4) is 0 Å². The van der Waals surface area contributed by atoms with E-state index in [0.29, 0.717) is 30.5 Å². The van der Waals surface area contributed by atoms with Crippen molar-refractivity contribution in [2.45, 2.75) is 117 Å². The lowest BCUT2D eigenvalue weighted by atomic mass is 9.77. The average Bonchev–Trinajstić information content (AvgIpc) is 3.91. The Morgan fingerprint density at radius 3 is 2.31 bits per heavy atom. The van der Waals surface area contributed by atoms with Crippen LogP contribution in [0.4, 0.5) is 11.6 Å². The molecular formula is C38H56N6O5. The monoisotopic (exact) mass is 676 g/mol. The molecule has 6 rings (SSSR count). The SMILES string of the molecule is C=C[C@@H]1C[C@]1(CC(=O)[C@@H]1CN(c2cc(N3CCCCC3)nc(C)n2)CN1C(=O)[C@@H](CC(=O)OC1CCCC1)C(C)(C)C)C(=O)NCC1CC1. The van der Waals surface area contributed by atoms with Crippen LogP contribution in [0.15, 0.2) is 18.7 Å². The number of nitrogens with one attached hydrogen (secondary N) is 1. The number of esters is 1. The molecule has 5 fully saturated rings. The van der Waals surface area contributed by atoms with Crippen molar-refractivity contribution >= 4 is 35.2 Å². The van der Waals surface area contributed by atoms with Crippen LogP contribution in [-0.2, 0) is 23.9 Å². The topological polar surface area (TPSA) is 125 Å². The Kier molecular flexibility index (Phi) is 10.4. The van der Waals surface area contributed by atoms with E-state index in [9.17, 15) is 19.2 Å². The maximum atomic E-state index is 14.7. The normalized spacial score (nSPS) is 26.4. The fourth-order valence-electron chi connectivity index (χ4n) is 8.02. The fraction of sp³-hybridized carbons (Fsp3) is 0.737. The van der Waals surface area contributed by atoms with Gasteiger partial charge in [-0.25, -0.2) is 9.97 Å². The number of piperidine rings is 1. The van der Waals surface area contributed by atoms with Crippen LogP contribution in [0.25, 0.3) is 0 Å². The van der Waals surface area contributed by atoms with Gasteiger partial charge in [0.15, 0.2) is 5.78 Å². The summed E-state index contributed by atoms with van der Waals surface area (Å²) in [7, 11) is 0. The Morgan fingerprint density at radius 1 is 1.02 bits per heavy atom. The molecule has 2 amide bonds. The van der Waals surface area contributed by atoms with Gasteiger partial charge in [0.05, 0.1) is 24.4 Å². The lowest BCUT2D eigenvalue weighted by Crippen LogP contribution is -2.49. The van der Waals surface area contributed by atoms with E-state index in [1.165, 1.54) is 6.42 Å². The molecule has 1 aromatic heterocycles. The molecule has 1 N–H and O–H groups in total. The van der Waals surface area contributed by atoms with Gasteiger partial charge in [-0.3, -0.25) is 19.2 Å². The molecule has 2 aliphatic heterocycles. The van der Waals surface area contributed by atoms with Gasteiger partial charge >= 0.3 is 5.97 Å². The molecule has 0 unspecified atom stereocenters. The Hall–Kier alpha value is -3.50. The zero-order valence-corrected chi connectivity index (χ0v) is 30.0. The van der Waals surface area contributed by atoms with Gasteiger partial charge in [0, 0.05) is 38.7 Å². The number of aryl methyl sites for hydroxylation is 1. The molecule has 0 spiro atoms. The number of amides is 2. The quantitative estimate of drug-likeness (QED) is 0.228. The molecule has 4 atom stereocenters. The molecule has 11 heteroatoms. The molecule has 0 aromatic carbocycles. The van der Waals surface area contributed by atoms with E-state index in [-0.39, 0.29) is 61.6 Å². The summed E-state index contributed by atoms with van der Waals surface area (Å²) < 4.78 is 5.80. The third-order valence-electron chi connectivity index (χ3n) is 11.5. The summed E-state index contributed by atoms with van der Waals surface area (Å²) in [5.74, 6) is 1.05. The van der Waals surface area contributed by atoms with Crippen molar-refractivity contribution < 1.29 is 23.9 Å². The minimum atomic E-state index is -0.836. The zero-order chi connectivity index (χ0) is 34.9. The van der Waals surface area contributed by atoms with Crippen LogP contribution < -0.4 is 15.1 Å². The highest BCUT2D eigenvalue weighted by molar-refractivity contribution is 5.97. The maximum Gasteiger partial charge on any atom is 0.306 e. The first-order valence-corrected chi connectivity index (χ1v) is 18.7. The Morgan fingerprint density at radius 2 is 1.69 bits per heavy atom. The number of nitrogens with zero attached hydrogens (tertiary/aromatic N) is 5. The smallest absolute Gasteiger partial charge is 0.306 e. The van der Waals surface area contributed by atoms with Crippen molar-refractivity contribution in [1.29, 1.82) is 0 Å². The predicted molar refractivity (Wildman–Crippen MR) is 188 cm³/mol. The van der Waals surface area contributed by atoms with Gasteiger partial charge in [0.1, 0.15) is 29.6 Å². The summed E-state index contributed by atoms with van der Waals surface area (Å²) >= 11 is 0. The highest BCUT2D eigenvalue weighted by Gasteiger charge is 2.60. The summed E-state index contributed by atoms with van der Waals surface area (Å²) in [5.41, 5.74) is -1.40. The molecule has 3 aliphatic carbocycles. The Balaban J connectivity index is 1.26. The molecule has 1 aromatic rings. The number of carbonyl (C=O) groups excluding carboxylic acids is 4. The number of carbonyl (C=O) groups is 4. The standard InChI is InChI=1S/C38H56N6O5/c1-6-27-20-38(27,36(48)39-22-26-14-15-26)21-31(45)30-23-43(33-19-32(40-25(2)41-33)42-16-10-7-11-17-42)24-44(30)35(47)29(37(3,4)5)18-34(46)49-28-12-8-9-13-28/h6,19,26-30H,1,7-18,20-24H2,2-5H3,(H,39,48)/t27-,29-,30+,38-/m1/s1. The van der Waals surface area contributed by atoms with Crippen molar-refractivity contribution in [3.05, 3.63) is 24.5 Å². The van der Waals surface area contributed by atoms with E-state index in [2.05, 4.69) is 16.8 Å². The first-order valence-electron chi connectivity index (χ1n) is 18.7. The number of ether oxygens (including phenoxy) is 1. The van der Waals surface area contributed by atoms with Gasteiger partial charge in [0.2, 0.25) is 11.8 Å². The highest BCUT2D eigenvalue weighted by atomic mass is 16.5. The van der Waals surface area contributed by atoms with Crippen molar-refractivity contribution in [3.63, 3.8) is 0 Å². The summed E-state index contributed by atoms with van der Waals surface area (Å²) in [6.07, 6.45) is 11.7. The van der Waals surface area contributed by atoms with Gasteiger partial charge in [-0.1, -0.05) is 26.8 Å². The number of anilines is 2. The molecule has 0 bridgehead atoms. The van der Waals surface area contributed by atoms with E-state index in [4.69, 9.17) is 14.7 Å². The van der Waals surface area contributed by atoms with Crippen LogP contribution in [0.5, 0.6) is 0 Å². The molecule has 0 radical (unpaired) electrons. The molecule has 3 saturated carbocycles. The van der Waals surface area contributed by atoms with Crippen LogP contribution in [0, 0.1) is 35.5 Å². The second kappa shape index (κ2) is 14.4. The van der Waals surface area contributed by atoms with Crippen molar-refractivity contribution in [1.82, 2.24) is 20.2 Å². The van der Waals surface area contributed by atoms with Crippen LogP contribution in [0.1, 0.15) is 104 Å². The van der Waals surface area contributed by atoms with E-state index in [1.54, 1.807) is 11.0 Å². The molecule has 5 aliphatic rings. The first kappa shape index (κ1) is 35.3. The van der Waals surface area contributed by atoms with Gasteiger partial charge in [-0.15, -0.1) is 6.58 Å². The number of ketones is 1. The predicted octanol–water partition coefficient (Wildman–Crippen LogP) is 4.97. The molecule has 49 heavy (non-hydrogen) atoms. The van der Waals surface area contributed by atoms with Crippen LogP contribution >= 0.6 is 0 Å². The third kappa shape index (κ3) is 8.12. The second-order valence-electron chi connectivity index (χ2n) is 16.4.